The second kappa shape index (κ2) is 7.54. The Kier molecular flexibility index (Phi) is 5.86. The number of nitrogens with zero attached hydrogens (tertiary/aromatic N) is 3. The molecule has 1 N–H and O–H groups in total. The number of carbonyl (C=O) groups is 1. The lowest BCUT2D eigenvalue weighted by Gasteiger charge is -2.13. The third kappa shape index (κ3) is 4.59. The van der Waals surface area contributed by atoms with Crippen LogP contribution in [0, 0.1) is 11.7 Å². The fraction of sp³-hybridized carbons (Fsp3) is 0.400. The third-order valence-electron chi connectivity index (χ3n) is 3.22. The molecule has 1 amide bonds. The van der Waals surface area contributed by atoms with E-state index in [9.17, 15) is 17.6 Å². The van der Waals surface area contributed by atoms with Gasteiger partial charge in [-0.25, -0.2) is 17.1 Å². The molecule has 136 valence electrons. The van der Waals surface area contributed by atoms with Gasteiger partial charge in [-0.1, -0.05) is 25.2 Å². The monoisotopic (exact) mass is 386 g/mol. The van der Waals surface area contributed by atoms with Gasteiger partial charge in [-0.3, -0.25) is 10.1 Å². The molecule has 0 radical (unpaired) electrons. The van der Waals surface area contributed by atoms with Gasteiger partial charge in [-0.05, 0) is 24.1 Å². The fourth-order valence-electron chi connectivity index (χ4n) is 1.94. The van der Waals surface area contributed by atoms with Crippen molar-refractivity contribution < 1.29 is 17.6 Å². The molecule has 10 heteroatoms. The van der Waals surface area contributed by atoms with Crippen molar-refractivity contribution >= 4 is 32.4 Å². The SMILES string of the molecule is CC(C)Cc1nnc(NC(=O)c2ccc(F)c(S(=O)(=O)N(C)C)c2)s1. The predicted molar refractivity (Wildman–Crippen MR) is 93.7 cm³/mol. The summed E-state index contributed by atoms with van der Waals surface area (Å²) in [5, 5.41) is 11.5. The van der Waals surface area contributed by atoms with Gasteiger partial charge in [0, 0.05) is 26.1 Å². The Morgan fingerprint density at radius 1 is 1.32 bits per heavy atom. The predicted octanol–water partition coefficient (Wildman–Crippen LogP) is 2.38. The first-order valence-electron chi connectivity index (χ1n) is 7.47. The second-order valence-corrected chi connectivity index (χ2v) is 9.17. The summed E-state index contributed by atoms with van der Waals surface area (Å²) >= 11 is 1.25. The normalized spacial score (nSPS) is 12.0. The molecule has 0 spiro atoms. The van der Waals surface area contributed by atoms with Gasteiger partial charge in [0.1, 0.15) is 15.7 Å². The molecule has 0 saturated heterocycles. The molecule has 7 nitrogen and oxygen atoms in total. The van der Waals surface area contributed by atoms with E-state index in [4.69, 9.17) is 0 Å². The Balaban J connectivity index is 2.24. The first-order chi connectivity index (χ1) is 11.6. The van der Waals surface area contributed by atoms with Crippen LogP contribution in [0.4, 0.5) is 9.52 Å². The lowest BCUT2D eigenvalue weighted by molar-refractivity contribution is 0.102. The highest BCUT2D eigenvalue weighted by atomic mass is 32.2. The summed E-state index contributed by atoms with van der Waals surface area (Å²) in [7, 11) is -1.41. The number of nitrogens with one attached hydrogen (secondary N) is 1. The van der Waals surface area contributed by atoms with Crippen LogP contribution in [0.5, 0.6) is 0 Å². The van der Waals surface area contributed by atoms with E-state index in [0.717, 1.165) is 27.9 Å². The van der Waals surface area contributed by atoms with Crippen molar-refractivity contribution in [1.29, 1.82) is 0 Å². The maximum Gasteiger partial charge on any atom is 0.257 e. The van der Waals surface area contributed by atoms with Crippen molar-refractivity contribution in [3.63, 3.8) is 0 Å². The van der Waals surface area contributed by atoms with Crippen LogP contribution in [0.3, 0.4) is 0 Å². The summed E-state index contributed by atoms with van der Waals surface area (Å²) in [5.41, 5.74) is 0.0161. The van der Waals surface area contributed by atoms with Crippen LogP contribution in [0.1, 0.15) is 29.2 Å². The van der Waals surface area contributed by atoms with Gasteiger partial charge in [0.05, 0.1) is 0 Å². The number of anilines is 1. The molecule has 0 bridgehead atoms. The molecule has 0 unspecified atom stereocenters. The van der Waals surface area contributed by atoms with Crippen molar-refractivity contribution in [1.82, 2.24) is 14.5 Å². The summed E-state index contributed by atoms with van der Waals surface area (Å²) < 4.78 is 39.0. The average Bonchev–Trinajstić information content (AvgIpc) is 2.93. The minimum atomic E-state index is -3.99. The van der Waals surface area contributed by atoms with Crippen LogP contribution in [-0.4, -0.2) is 42.9 Å². The van der Waals surface area contributed by atoms with Gasteiger partial charge in [-0.15, -0.1) is 10.2 Å². The lowest BCUT2D eigenvalue weighted by Crippen LogP contribution is -2.24. The zero-order chi connectivity index (χ0) is 18.8. The number of aromatic nitrogens is 2. The van der Waals surface area contributed by atoms with Gasteiger partial charge in [0.15, 0.2) is 0 Å². The minimum Gasteiger partial charge on any atom is -0.296 e. The Hall–Kier alpha value is -1.91. The standard InChI is InChI=1S/C15H19FN4O3S2/c1-9(2)7-13-18-19-15(24-13)17-14(21)10-5-6-11(16)12(8-10)25(22,23)20(3)4/h5-6,8-9H,7H2,1-4H3,(H,17,19,21). The number of amides is 1. The Morgan fingerprint density at radius 2 is 2.00 bits per heavy atom. The molecule has 0 atom stereocenters. The average molecular weight is 386 g/mol. The maximum absolute atomic E-state index is 13.9. The van der Waals surface area contributed by atoms with Crippen LogP contribution < -0.4 is 5.32 Å². The largest absolute Gasteiger partial charge is 0.296 e. The summed E-state index contributed by atoms with van der Waals surface area (Å²) in [5.74, 6) is -1.09. The van der Waals surface area contributed by atoms with Crippen molar-refractivity contribution in [2.75, 3.05) is 19.4 Å². The van der Waals surface area contributed by atoms with Crippen LogP contribution in [-0.2, 0) is 16.4 Å². The lowest BCUT2D eigenvalue weighted by atomic mass is 10.1. The zero-order valence-electron chi connectivity index (χ0n) is 14.3. The minimum absolute atomic E-state index is 0.0161. The van der Waals surface area contributed by atoms with Crippen LogP contribution in [0.2, 0.25) is 0 Å². The maximum atomic E-state index is 13.9. The van der Waals surface area contributed by atoms with Crippen molar-refractivity contribution in [2.24, 2.45) is 5.92 Å². The van der Waals surface area contributed by atoms with Crippen molar-refractivity contribution in [3.05, 3.63) is 34.6 Å². The van der Waals surface area contributed by atoms with Gasteiger partial charge in [-0.2, -0.15) is 0 Å². The molecule has 1 aromatic heterocycles. The smallest absolute Gasteiger partial charge is 0.257 e. The van der Waals surface area contributed by atoms with Gasteiger partial charge in [0.2, 0.25) is 15.2 Å². The summed E-state index contributed by atoms with van der Waals surface area (Å²) in [6.45, 7) is 4.09. The Labute approximate surface area is 149 Å². The van der Waals surface area contributed by atoms with E-state index in [1.54, 1.807) is 0 Å². The van der Waals surface area contributed by atoms with E-state index in [1.807, 2.05) is 13.8 Å². The molecular formula is C15H19FN4O3S2. The van der Waals surface area contributed by atoms with E-state index >= 15 is 0 Å². The molecule has 0 aliphatic carbocycles. The number of carbonyl (C=O) groups excluding carboxylic acids is 1. The van der Waals surface area contributed by atoms with Crippen LogP contribution in [0.25, 0.3) is 0 Å². The highest BCUT2D eigenvalue weighted by Crippen LogP contribution is 2.22. The first-order valence-corrected chi connectivity index (χ1v) is 9.72. The summed E-state index contributed by atoms with van der Waals surface area (Å²) in [4.78, 5) is 11.7. The highest BCUT2D eigenvalue weighted by molar-refractivity contribution is 7.89. The number of hydrogen-bond donors (Lipinski definition) is 1. The van der Waals surface area contributed by atoms with E-state index in [2.05, 4.69) is 15.5 Å². The molecule has 0 saturated carbocycles. The molecule has 0 fully saturated rings. The molecule has 2 rings (SSSR count). The molecule has 0 aliphatic heterocycles. The number of halogens is 1. The molecule has 0 aliphatic rings. The van der Waals surface area contributed by atoms with Gasteiger partial charge >= 0.3 is 0 Å². The van der Waals surface area contributed by atoms with E-state index in [-0.39, 0.29) is 5.56 Å². The van der Waals surface area contributed by atoms with Gasteiger partial charge < -0.3 is 0 Å². The fourth-order valence-corrected chi connectivity index (χ4v) is 3.87. The summed E-state index contributed by atoms with van der Waals surface area (Å²) in [6.07, 6.45) is 0.745. The van der Waals surface area contributed by atoms with Gasteiger partial charge in [0.25, 0.3) is 5.91 Å². The van der Waals surface area contributed by atoms with Crippen molar-refractivity contribution in [2.45, 2.75) is 25.2 Å². The molecule has 25 heavy (non-hydrogen) atoms. The molecular weight excluding hydrogens is 367 g/mol. The Morgan fingerprint density at radius 3 is 2.60 bits per heavy atom. The molecule has 1 aromatic carbocycles. The second-order valence-electron chi connectivity index (χ2n) is 5.99. The zero-order valence-corrected chi connectivity index (χ0v) is 15.9. The first kappa shape index (κ1) is 19.4. The van der Waals surface area contributed by atoms with Crippen molar-refractivity contribution in [3.8, 4) is 0 Å². The van der Waals surface area contributed by atoms with E-state index < -0.39 is 26.6 Å². The molecule has 2 aromatic rings. The third-order valence-corrected chi connectivity index (χ3v) is 5.91. The number of rotatable bonds is 6. The highest BCUT2D eigenvalue weighted by Gasteiger charge is 2.23. The van der Waals surface area contributed by atoms with Crippen LogP contribution in [0.15, 0.2) is 23.1 Å². The topological polar surface area (TPSA) is 92.3 Å². The van der Waals surface area contributed by atoms with E-state index in [0.29, 0.717) is 11.0 Å². The van der Waals surface area contributed by atoms with E-state index in [1.165, 1.54) is 31.5 Å². The summed E-state index contributed by atoms with van der Waals surface area (Å²) in [6, 6.07) is 3.18. The Bertz CT molecular complexity index is 879. The number of hydrogen-bond acceptors (Lipinski definition) is 6. The quantitative estimate of drug-likeness (QED) is 0.823. The number of sulfonamides is 1. The number of benzene rings is 1. The molecule has 1 heterocycles. The van der Waals surface area contributed by atoms with Crippen LogP contribution >= 0.6 is 11.3 Å².